The van der Waals surface area contributed by atoms with Crippen molar-refractivity contribution in [1.29, 1.82) is 0 Å². The summed E-state index contributed by atoms with van der Waals surface area (Å²) in [6.07, 6.45) is -0.461. The van der Waals surface area contributed by atoms with E-state index in [2.05, 4.69) is 0 Å². The molecule has 2 aromatic rings. The minimum absolute atomic E-state index is 0.0194. The molecule has 0 aliphatic carbocycles. The Balaban J connectivity index is 2.34. The molecule has 2 rings (SSSR count). The summed E-state index contributed by atoms with van der Waals surface area (Å²) in [4.78, 5) is 12.1. The molecule has 0 saturated heterocycles. The molecule has 0 heterocycles. The summed E-state index contributed by atoms with van der Waals surface area (Å²) in [5.41, 5.74) is 0.320. The highest BCUT2D eigenvalue weighted by Crippen LogP contribution is 2.21. The van der Waals surface area contributed by atoms with Gasteiger partial charge in [0.1, 0.15) is 11.9 Å². The zero-order valence-corrected chi connectivity index (χ0v) is 12.0. The Morgan fingerprint density at radius 3 is 2.33 bits per heavy atom. The van der Waals surface area contributed by atoms with Gasteiger partial charge in [-0.25, -0.2) is 12.8 Å². The maximum atomic E-state index is 12.8. The Hall–Kier alpha value is -2.05. The Morgan fingerprint density at radius 2 is 1.76 bits per heavy atom. The van der Waals surface area contributed by atoms with Crippen molar-refractivity contribution in [3.63, 3.8) is 0 Å². The second-order valence-corrected chi connectivity index (χ2v) is 6.63. The van der Waals surface area contributed by atoms with Crippen LogP contribution in [-0.2, 0) is 9.84 Å². The lowest BCUT2D eigenvalue weighted by Crippen LogP contribution is -2.13. The molecule has 1 N–H and O–H groups in total. The number of carbonyl (C=O) groups excluding carboxylic acids is 1. The maximum Gasteiger partial charge on any atom is 0.195 e. The molecule has 21 heavy (non-hydrogen) atoms. The lowest BCUT2D eigenvalue weighted by atomic mass is 10.00. The van der Waals surface area contributed by atoms with E-state index in [9.17, 15) is 22.7 Å². The molecular weight excluding hydrogens is 295 g/mol. The van der Waals surface area contributed by atoms with Crippen LogP contribution in [0, 0.1) is 5.82 Å². The van der Waals surface area contributed by atoms with E-state index in [0.29, 0.717) is 0 Å². The van der Waals surface area contributed by atoms with Crippen molar-refractivity contribution in [3.05, 3.63) is 65.5 Å². The van der Waals surface area contributed by atoms with E-state index >= 15 is 0 Å². The summed E-state index contributed by atoms with van der Waals surface area (Å²) < 4.78 is 35.8. The first-order chi connectivity index (χ1) is 9.79. The van der Waals surface area contributed by atoms with Crippen LogP contribution in [0.25, 0.3) is 0 Å². The van der Waals surface area contributed by atoms with Crippen molar-refractivity contribution < 1.29 is 22.7 Å². The first-order valence-corrected chi connectivity index (χ1v) is 7.96. The zero-order chi connectivity index (χ0) is 15.6. The molecule has 0 aromatic heterocycles. The van der Waals surface area contributed by atoms with Gasteiger partial charge in [0.25, 0.3) is 0 Å². The Kier molecular flexibility index (Phi) is 4.20. The predicted molar refractivity (Wildman–Crippen MR) is 75.2 cm³/mol. The van der Waals surface area contributed by atoms with Gasteiger partial charge in [0, 0.05) is 11.8 Å². The molecule has 0 aliphatic rings. The van der Waals surface area contributed by atoms with Gasteiger partial charge in [-0.3, -0.25) is 4.79 Å². The van der Waals surface area contributed by atoms with Gasteiger partial charge in [-0.15, -0.1) is 0 Å². The monoisotopic (exact) mass is 308 g/mol. The highest BCUT2D eigenvalue weighted by Gasteiger charge is 2.20. The van der Waals surface area contributed by atoms with Crippen LogP contribution >= 0.6 is 0 Å². The number of halogens is 1. The van der Waals surface area contributed by atoms with Gasteiger partial charge in [-0.2, -0.15) is 0 Å². The summed E-state index contributed by atoms with van der Waals surface area (Å²) in [7, 11) is -3.43. The van der Waals surface area contributed by atoms with E-state index in [1.54, 1.807) is 0 Å². The molecule has 0 fully saturated rings. The fourth-order valence-electron chi connectivity index (χ4n) is 1.84. The molecule has 110 valence electrons. The molecule has 0 amide bonds. The van der Waals surface area contributed by atoms with Crippen LogP contribution in [0.5, 0.6) is 0 Å². The van der Waals surface area contributed by atoms with Crippen molar-refractivity contribution in [2.24, 2.45) is 0 Å². The second kappa shape index (κ2) is 5.75. The standard InChI is InChI=1S/C15H13FO4S/c1-21(19,20)13-4-2-3-11(9-13)15(18)14(17)10-5-7-12(16)8-6-10/h2-9,15,18H,1H3. The van der Waals surface area contributed by atoms with Crippen molar-refractivity contribution in [2.75, 3.05) is 6.26 Å². The molecule has 0 aliphatic heterocycles. The van der Waals surface area contributed by atoms with Crippen LogP contribution in [-0.4, -0.2) is 25.6 Å². The number of ketones is 1. The largest absolute Gasteiger partial charge is 0.380 e. The van der Waals surface area contributed by atoms with Crippen LogP contribution in [0.4, 0.5) is 4.39 Å². The van der Waals surface area contributed by atoms with Gasteiger partial charge in [0.05, 0.1) is 4.90 Å². The average Bonchev–Trinajstić information content (AvgIpc) is 2.46. The average molecular weight is 308 g/mol. The highest BCUT2D eigenvalue weighted by atomic mass is 32.2. The summed E-state index contributed by atoms with van der Waals surface area (Å²) >= 11 is 0. The molecule has 0 saturated carbocycles. The van der Waals surface area contributed by atoms with Gasteiger partial charge in [-0.05, 0) is 42.0 Å². The highest BCUT2D eigenvalue weighted by molar-refractivity contribution is 7.90. The molecule has 0 bridgehead atoms. The van der Waals surface area contributed by atoms with E-state index in [1.165, 1.54) is 36.4 Å². The van der Waals surface area contributed by atoms with E-state index < -0.39 is 27.5 Å². The fraction of sp³-hybridized carbons (Fsp3) is 0.133. The van der Waals surface area contributed by atoms with Crippen molar-refractivity contribution in [3.8, 4) is 0 Å². The van der Waals surface area contributed by atoms with E-state index in [0.717, 1.165) is 18.4 Å². The van der Waals surface area contributed by atoms with Crippen LogP contribution < -0.4 is 0 Å². The number of hydrogen-bond acceptors (Lipinski definition) is 4. The van der Waals surface area contributed by atoms with E-state index in [-0.39, 0.29) is 16.0 Å². The number of Topliss-reactive ketones (excluding diaryl/α,β-unsaturated/α-hetero) is 1. The topological polar surface area (TPSA) is 71.4 Å². The number of aliphatic hydroxyl groups excluding tert-OH is 1. The molecule has 4 nitrogen and oxygen atoms in total. The summed E-state index contributed by atoms with van der Waals surface area (Å²) in [6.45, 7) is 0. The SMILES string of the molecule is CS(=O)(=O)c1cccc(C(O)C(=O)c2ccc(F)cc2)c1. The third-order valence-electron chi connectivity index (χ3n) is 2.98. The third kappa shape index (κ3) is 3.53. The first kappa shape index (κ1) is 15.3. The first-order valence-electron chi connectivity index (χ1n) is 6.07. The molecule has 6 heteroatoms. The van der Waals surface area contributed by atoms with Crippen LogP contribution in [0.15, 0.2) is 53.4 Å². The Labute approximate surface area is 121 Å². The lowest BCUT2D eigenvalue weighted by molar-refractivity contribution is 0.0747. The predicted octanol–water partition coefficient (Wildman–Crippen LogP) is 2.15. The summed E-state index contributed by atoms with van der Waals surface area (Å²) in [5.74, 6) is -1.11. The number of hydrogen-bond donors (Lipinski definition) is 1. The fourth-order valence-corrected chi connectivity index (χ4v) is 2.51. The second-order valence-electron chi connectivity index (χ2n) is 4.62. The number of rotatable bonds is 4. The molecule has 1 atom stereocenters. The van der Waals surface area contributed by atoms with Crippen LogP contribution in [0.3, 0.4) is 0 Å². The molecule has 1 unspecified atom stereocenters. The van der Waals surface area contributed by atoms with E-state index in [1.807, 2.05) is 0 Å². The summed E-state index contributed by atoms with van der Waals surface area (Å²) in [6, 6.07) is 10.3. The van der Waals surface area contributed by atoms with Gasteiger partial charge in [0.2, 0.25) is 0 Å². The van der Waals surface area contributed by atoms with Gasteiger partial charge >= 0.3 is 0 Å². The number of carbonyl (C=O) groups is 1. The Morgan fingerprint density at radius 1 is 1.14 bits per heavy atom. The van der Waals surface area contributed by atoms with Crippen LogP contribution in [0.2, 0.25) is 0 Å². The van der Waals surface area contributed by atoms with Crippen molar-refractivity contribution in [2.45, 2.75) is 11.0 Å². The number of sulfone groups is 1. The lowest BCUT2D eigenvalue weighted by Gasteiger charge is -2.11. The smallest absolute Gasteiger partial charge is 0.195 e. The zero-order valence-electron chi connectivity index (χ0n) is 11.2. The normalized spacial score (nSPS) is 12.9. The van der Waals surface area contributed by atoms with Crippen molar-refractivity contribution in [1.82, 2.24) is 0 Å². The Bertz CT molecular complexity index is 767. The minimum Gasteiger partial charge on any atom is -0.380 e. The molecule has 0 spiro atoms. The quantitative estimate of drug-likeness (QED) is 0.879. The van der Waals surface area contributed by atoms with Crippen LogP contribution in [0.1, 0.15) is 22.0 Å². The minimum atomic E-state index is -3.43. The van der Waals surface area contributed by atoms with Crippen molar-refractivity contribution >= 4 is 15.6 Å². The maximum absolute atomic E-state index is 12.8. The molecular formula is C15H13FO4S. The number of benzene rings is 2. The van der Waals surface area contributed by atoms with Gasteiger partial charge < -0.3 is 5.11 Å². The van der Waals surface area contributed by atoms with Gasteiger partial charge in [0.15, 0.2) is 15.6 Å². The third-order valence-corrected chi connectivity index (χ3v) is 4.09. The van der Waals surface area contributed by atoms with E-state index in [4.69, 9.17) is 0 Å². The summed E-state index contributed by atoms with van der Waals surface area (Å²) in [5, 5.41) is 10.1. The number of aliphatic hydroxyl groups is 1. The molecule has 2 aromatic carbocycles. The van der Waals surface area contributed by atoms with Gasteiger partial charge in [-0.1, -0.05) is 12.1 Å². The molecule has 0 radical (unpaired) electrons.